The first kappa shape index (κ1) is 19.3. The van der Waals surface area contributed by atoms with Crippen LogP contribution >= 0.6 is 11.6 Å². The zero-order valence-electron chi connectivity index (χ0n) is 15.0. The van der Waals surface area contributed by atoms with E-state index in [-0.39, 0.29) is 17.5 Å². The third kappa shape index (κ3) is 3.93. The first-order valence-corrected chi connectivity index (χ1v) is 9.03. The molecule has 1 atom stereocenters. The highest BCUT2D eigenvalue weighted by molar-refractivity contribution is 6.31. The zero-order valence-corrected chi connectivity index (χ0v) is 15.8. The molecule has 0 saturated carbocycles. The number of amides is 1. The van der Waals surface area contributed by atoms with E-state index in [4.69, 9.17) is 20.9 Å². The van der Waals surface area contributed by atoms with Crippen LogP contribution in [0.3, 0.4) is 0 Å². The zero-order chi connectivity index (χ0) is 20.8. The van der Waals surface area contributed by atoms with Crippen LogP contribution in [0.2, 0.25) is 5.02 Å². The summed E-state index contributed by atoms with van der Waals surface area (Å²) in [4.78, 5) is 12.4. The lowest BCUT2D eigenvalue weighted by Gasteiger charge is -2.11. The Balaban J connectivity index is 1.53. The van der Waals surface area contributed by atoms with Crippen molar-refractivity contribution in [1.82, 2.24) is 5.16 Å². The smallest absolute Gasteiger partial charge is 0.417 e. The molecule has 0 bridgehead atoms. The fraction of sp³-hybridized carbons (Fsp3) is 0.200. The van der Waals surface area contributed by atoms with Crippen molar-refractivity contribution in [2.24, 2.45) is 0 Å². The number of rotatable bonds is 3. The average molecular weight is 423 g/mol. The number of anilines is 1. The highest BCUT2D eigenvalue weighted by atomic mass is 35.5. The second-order valence-corrected chi connectivity index (χ2v) is 7.09. The van der Waals surface area contributed by atoms with E-state index in [0.29, 0.717) is 5.76 Å². The normalized spacial score (nSPS) is 15.7. The molecule has 2 aromatic carbocycles. The molecule has 0 spiro atoms. The summed E-state index contributed by atoms with van der Waals surface area (Å²) >= 11 is 5.59. The molecule has 3 aromatic rings. The molecule has 2 heterocycles. The van der Waals surface area contributed by atoms with Gasteiger partial charge in [-0.1, -0.05) is 16.8 Å². The third-order valence-corrected chi connectivity index (χ3v) is 4.78. The number of carbonyl (C=O) groups excluding carboxylic acids is 1. The van der Waals surface area contributed by atoms with Crippen LogP contribution in [0.4, 0.5) is 18.9 Å². The van der Waals surface area contributed by atoms with Crippen molar-refractivity contribution in [3.8, 4) is 17.1 Å². The van der Waals surface area contributed by atoms with Gasteiger partial charge in [0.25, 0.3) is 5.91 Å². The first-order valence-electron chi connectivity index (χ1n) is 8.65. The number of carbonyl (C=O) groups is 1. The molecular weight excluding hydrogens is 409 g/mol. The number of ether oxygens (including phenoxy) is 1. The van der Waals surface area contributed by atoms with Crippen molar-refractivity contribution >= 4 is 23.2 Å². The number of aromatic nitrogens is 1. The van der Waals surface area contributed by atoms with Crippen LogP contribution in [0.1, 0.15) is 28.5 Å². The molecule has 4 rings (SSSR count). The Kier molecular flexibility index (Phi) is 4.74. The molecule has 0 unspecified atom stereocenters. The maximum Gasteiger partial charge on any atom is 0.417 e. The lowest BCUT2D eigenvalue weighted by atomic mass is 10.1. The Morgan fingerprint density at radius 1 is 1.21 bits per heavy atom. The highest BCUT2D eigenvalue weighted by Crippen LogP contribution is 2.36. The minimum atomic E-state index is -4.63. The van der Waals surface area contributed by atoms with Crippen molar-refractivity contribution in [2.45, 2.75) is 25.6 Å². The quantitative estimate of drug-likeness (QED) is 0.597. The van der Waals surface area contributed by atoms with E-state index in [9.17, 15) is 18.0 Å². The number of fused-ring (bicyclic) bond motifs is 1. The van der Waals surface area contributed by atoms with Crippen molar-refractivity contribution in [2.75, 3.05) is 5.32 Å². The van der Waals surface area contributed by atoms with Crippen LogP contribution in [-0.4, -0.2) is 17.2 Å². The van der Waals surface area contributed by atoms with Crippen LogP contribution in [0, 0.1) is 0 Å². The van der Waals surface area contributed by atoms with E-state index in [1.807, 2.05) is 19.1 Å². The summed E-state index contributed by atoms with van der Waals surface area (Å²) < 4.78 is 49.8. The van der Waals surface area contributed by atoms with Crippen molar-refractivity contribution in [3.05, 3.63) is 64.3 Å². The standard InChI is InChI=1S/C20H14ClF3N2O3/c1-10-6-12-7-11(2-5-17(12)28-10)18-9-16(26-29-18)19(27)25-13-3-4-15(21)14(8-13)20(22,23)24/h2-5,7-10H,6H2,1H3,(H,25,27)/t10-/m0/s1. The van der Waals surface area contributed by atoms with Gasteiger partial charge in [-0.25, -0.2) is 0 Å². The molecule has 29 heavy (non-hydrogen) atoms. The third-order valence-electron chi connectivity index (χ3n) is 4.45. The molecule has 0 saturated heterocycles. The molecule has 150 valence electrons. The number of nitrogens with one attached hydrogen (secondary N) is 1. The Bertz CT molecular complexity index is 1090. The summed E-state index contributed by atoms with van der Waals surface area (Å²) in [6, 6.07) is 10.0. The molecule has 0 fully saturated rings. The van der Waals surface area contributed by atoms with E-state index < -0.39 is 22.7 Å². The minimum absolute atomic E-state index is 0.0556. The van der Waals surface area contributed by atoms with Crippen LogP contribution in [-0.2, 0) is 12.6 Å². The predicted molar refractivity (Wildman–Crippen MR) is 100 cm³/mol. The van der Waals surface area contributed by atoms with Gasteiger partial charge in [0.1, 0.15) is 11.9 Å². The summed E-state index contributed by atoms with van der Waals surface area (Å²) in [6.07, 6.45) is -3.77. The monoisotopic (exact) mass is 422 g/mol. The minimum Gasteiger partial charge on any atom is -0.490 e. The Labute approximate surface area is 168 Å². The lowest BCUT2D eigenvalue weighted by Crippen LogP contribution is -2.13. The van der Waals surface area contributed by atoms with Crippen molar-refractivity contribution in [3.63, 3.8) is 0 Å². The van der Waals surface area contributed by atoms with Gasteiger partial charge in [-0.3, -0.25) is 4.79 Å². The number of hydrogen-bond donors (Lipinski definition) is 1. The van der Waals surface area contributed by atoms with E-state index >= 15 is 0 Å². The van der Waals surface area contributed by atoms with Gasteiger partial charge in [0.2, 0.25) is 0 Å². The molecule has 1 N–H and O–H groups in total. The summed E-state index contributed by atoms with van der Waals surface area (Å²) in [6.45, 7) is 1.97. The van der Waals surface area contributed by atoms with Gasteiger partial charge < -0.3 is 14.6 Å². The summed E-state index contributed by atoms with van der Waals surface area (Å²) in [7, 11) is 0. The summed E-state index contributed by atoms with van der Waals surface area (Å²) in [5, 5.41) is 5.64. The number of halogens is 4. The van der Waals surface area contributed by atoms with Crippen molar-refractivity contribution in [1.29, 1.82) is 0 Å². The number of alkyl halides is 3. The average Bonchev–Trinajstić information content (AvgIpc) is 3.27. The van der Waals surface area contributed by atoms with E-state index in [1.165, 1.54) is 12.1 Å². The Morgan fingerprint density at radius 3 is 2.76 bits per heavy atom. The number of nitrogens with zero attached hydrogens (tertiary/aromatic N) is 1. The lowest BCUT2D eigenvalue weighted by molar-refractivity contribution is -0.137. The second-order valence-electron chi connectivity index (χ2n) is 6.68. The van der Waals surface area contributed by atoms with Gasteiger partial charge >= 0.3 is 6.18 Å². The molecule has 0 aliphatic carbocycles. The van der Waals surface area contributed by atoms with Gasteiger partial charge in [-0.15, -0.1) is 0 Å². The fourth-order valence-electron chi connectivity index (χ4n) is 3.11. The summed E-state index contributed by atoms with van der Waals surface area (Å²) in [5.74, 6) is 0.472. The van der Waals surface area contributed by atoms with E-state index in [0.717, 1.165) is 35.4 Å². The molecule has 0 radical (unpaired) electrons. The summed E-state index contributed by atoms with van der Waals surface area (Å²) in [5.41, 5.74) is 0.595. The largest absolute Gasteiger partial charge is 0.490 e. The molecule has 5 nitrogen and oxygen atoms in total. The SMILES string of the molecule is C[C@H]1Cc2cc(-c3cc(C(=O)Nc4ccc(Cl)c(C(F)(F)F)c4)no3)ccc2O1. The van der Waals surface area contributed by atoms with Gasteiger partial charge in [0.15, 0.2) is 11.5 Å². The van der Waals surface area contributed by atoms with Gasteiger partial charge in [0.05, 0.1) is 10.6 Å². The van der Waals surface area contributed by atoms with E-state index in [1.54, 1.807) is 6.07 Å². The number of benzene rings is 2. The molecule has 9 heteroatoms. The van der Waals surface area contributed by atoms with E-state index in [2.05, 4.69) is 10.5 Å². The maximum absolute atomic E-state index is 13.0. The molecule has 1 aliphatic heterocycles. The van der Waals surface area contributed by atoms with Crippen LogP contribution < -0.4 is 10.1 Å². The van der Waals surface area contributed by atoms with Crippen LogP contribution in [0.15, 0.2) is 47.0 Å². The van der Waals surface area contributed by atoms with Gasteiger partial charge in [0, 0.05) is 23.7 Å². The topological polar surface area (TPSA) is 64.4 Å². The van der Waals surface area contributed by atoms with Gasteiger partial charge in [-0.05, 0) is 48.9 Å². The predicted octanol–water partition coefficient (Wildman–Crippen LogP) is 5.59. The molecular formula is C20H14ClF3N2O3. The highest BCUT2D eigenvalue weighted by Gasteiger charge is 2.33. The fourth-order valence-corrected chi connectivity index (χ4v) is 3.33. The molecule has 1 aromatic heterocycles. The number of hydrogen-bond acceptors (Lipinski definition) is 4. The Hall–Kier alpha value is -3.00. The molecule has 1 aliphatic rings. The maximum atomic E-state index is 13.0. The second kappa shape index (κ2) is 7.11. The Morgan fingerprint density at radius 2 is 2.00 bits per heavy atom. The van der Waals surface area contributed by atoms with Gasteiger partial charge in [-0.2, -0.15) is 13.2 Å². The van der Waals surface area contributed by atoms with Crippen LogP contribution in [0.5, 0.6) is 5.75 Å². The van der Waals surface area contributed by atoms with Crippen LogP contribution in [0.25, 0.3) is 11.3 Å². The first-order chi connectivity index (χ1) is 13.7. The van der Waals surface area contributed by atoms with Crippen molar-refractivity contribution < 1.29 is 27.2 Å². The molecule has 1 amide bonds.